The minimum Gasteiger partial charge on any atom is -0.493 e. The van der Waals surface area contributed by atoms with Crippen molar-refractivity contribution < 1.29 is 19.1 Å². The summed E-state index contributed by atoms with van der Waals surface area (Å²) in [4.78, 5) is 28.1. The number of rotatable bonds is 9. The number of anilines is 2. The Labute approximate surface area is 207 Å². The number of hydrogen-bond donors (Lipinski definition) is 2. The highest BCUT2D eigenvalue weighted by Gasteiger charge is 2.20. The van der Waals surface area contributed by atoms with Crippen molar-refractivity contribution in [1.82, 2.24) is 4.90 Å². The third-order valence-corrected chi connectivity index (χ3v) is 6.96. The summed E-state index contributed by atoms with van der Waals surface area (Å²) in [7, 11) is 3.35. The average molecular weight is 500 g/mol. The number of thiophene rings is 1. The minimum atomic E-state index is -0.219. The molecule has 0 aliphatic carbocycles. The monoisotopic (exact) mass is 499 g/mol. The van der Waals surface area contributed by atoms with Gasteiger partial charge in [0.15, 0.2) is 11.5 Å². The SMILES string of the molecule is CNc1cc(-c2ccc(Cl)cc2)sc1C(=O)Nc1ccc(OCCN2CCC(=O)C2)c(OC)c1. The van der Waals surface area contributed by atoms with Gasteiger partial charge in [-0.2, -0.15) is 0 Å². The lowest BCUT2D eigenvalue weighted by molar-refractivity contribution is -0.116. The van der Waals surface area contributed by atoms with Crippen LogP contribution in [-0.4, -0.2) is 57.0 Å². The Kier molecular flexibility index (Phi) is 7.72. The number of likely N-dealkylation sites (tertiary alicyclic amines) is 1. The Bertz CT molecular complexity index is 1180. The Balaban J connectivity index is 1.43. The molecule has 4 rings (SSSR count). The second-order valence-electron chi connectivity index (χ2n) is 7.84. The standard InChI is InChI=1S/C25H26ClN3O4S/c1-27-20-14-23(16-3-5-17(26)6-4-16)34-24(20)25(31)28-18-7-8-21(22(13-18)32-2)33-12-11-29-10-9-19(30)15-29/h3-8,13-14,27H,9-12,15H2,1-2H3,(H,28,31). The van der Waals surface area contributed by atoms with Crippen molar-refractivity contribution >= 4 is 46.0 Å². The summed E-state index contributed by atoms with van der Waals surface area (Å²) in [6.45, 7) is 2.39. The molecule has 3 aromatic rings. The molecule has 0 spiro atoms. The van der Waals surface area contributed by atoms with Crippen LogP contribution in [0.5, 0.6) is 11.5 Å². The van der Waals surface area contributed by atoms with E-state index in [1.807, 2.05) is 30.3 Å². The van der Waals surface area contributed by atoms with E-state index in [0.29, 0.717) is 53.2 Å². The number of nitrogens with zero attached hydrogens (tertiary/aromatic N) is 1. The predicted octanol–water partition coefficient (Wildman–Crippen LogP) is 5.02. The van der Waals surface area contributed by atoms with Crippen LogP contribution in [0, 0.1) is 0 Å². The molecule has 2 N–H and O–H groups in total. The predicted molar refractivity (Wildman–Crippen MR) is 137 cm³/mol. The lowest BCUT2D eigenvalue weighted by Gasteiger charge is -2.16. The van der Waals surface area contributed by atoms with Gasteiger partial charge in [-0.3, -0.25) is 14.5 Å². The maximum Gasteiger partial charge on any atom is 0.267 e. The maximum atomic E-state index is 13.1. The number of methoxy groups -OCH3 is 1. The lowest BCUT2D eigenvalue weighted by Crippen LogP contribution is -2.26. The van der Waals surface area contributed by atoms with Gasteiger partial charge in [-0.25, -0.2) is 0 Å². The van der Waals surface area contributed by atoms with Crippen molar-refractivity contribution in [1.29, 1.82) is 0 Å². The van der Waals surface area contributed by atoms with Gasteiger partial charge in [-0.05, 0) is 35.9 Å². The quantitative estimate of drug-likeness (QED) is 0.430. The van der Waals surface area contributed by atoms with Gasteiger partial charge in [0.2, 0.25) is 0 Å². The molecule has 0 saturated carbocycles. The van der Waals surface area contributed by atoms with Crippen molar-refractivity contribution in [2.24, 2.45) is 0 Å². The molecule has 2 aromatic carbocycles. The van der Waals surface area contributed by atoms with Crippen molar-refractivity contribution in [3.05, 3.63) is 58.4 Å². The number of Topliss-reactive ketones (excluding diaryl/α,β-unsaturated/α-hetero) is 1. The first-order valence-corrected chi connectivity index (χ1v) is 12.1. The number of nitrogens with one attached hydrogen (secondary N) is 2. The lowest BCUT2D eigenvalue weighted by atomic mass is 10.2. The fraction of sp³-hybridized carbons (Fsp3) is 0.280. The normalized spacial score (nSPS) is 13.7. The van der Waals surface area contributed by atoms with Gasteiger partial charge in [0.05, 0.1) is 19.3 Å². The molecule has 7 nitrogen and oxygen atoms in total. The highest BCUT2D eigenvalue weighted by Crippen LogP contribution is 2.36. The number of ether oxygens (including phenoxy) is 2. The molecule has 0 unspecified atom stereocenters. The zero-order chi connectivity index (χ0) is 24.1. The van der Waals surface area contributed by atoms with E-state index in [1.165, 1.54) is 11.3 Å². The number of ketones is 1. The summed E-state index contributed by atoms with van der Waals surface area (Å²) in [5.41, 5.74) is 2.34. The van der Waals surface area contributed by atoms with Crippen LogP contribution >= 0.6 is 22.9 Å². The fourth-order valence-corrected chi connectivity index (χ4v) is 4.91. The van der Waals surface area contributed by atoms with Gasteiger partial charge < -0.3 is 20.1 Å². The molecule has 1 fully saturated rings. The number of benzene rings is 2. The Morgan fingerprint density at radius 3 is 2.62 bits per heavy atom. The summed E-state index contributed by atoms with van der Waals surface area (Å²) in [6, 6.07) is 14.8. The highest BCUT2D eigenvalue weighted by atomic mass is 35.5. The van der Waals surface area contributed by atoms with Crippen LogP contribution in [0.2, 0.25) is 5.02 Å². The summed E-state index contributed by atoms with van der Waals surface area (Å²) in [5, 5.41) is 6.71. The van der Waals surface area contributed by atoms with Gasteiger partial charge >= 0.3 is 0 Å². The van der Waals surface area contributed by atoms with E-state index in [0.717, 1.165) is 22.7 Å². The minimum absolute atomic E-state index is 0.219. The first-order chi connectivity index (χ1) is 16.5. The van der Waals surface area contributed by atoms with Crippen LogP contribution in [0.1, 0.15) is 16.1 Å². The smallest absolute Gasteiger partial charge is 0.267 e. The van der Waals surface area contributed by atoms with Crippen LogP contribution in [-0.2, 0) is 4.79 Å². The number of amides is 1. The molecular formula is C25H26ClN3O4S. The van der Waals surface area contributed by atoms with Crippen molar-refractivity contribution in [2.45, 2.75) is 6.42 Å². The third-order valence-electron chi connectivity index (χ3n) is 5.53. The second kappa shape index (κ2) is 10.9. The van der Waals surface area contributed by atoms with E-state index in [4.69, 9.17) is 21.1 Å². The van der Waals surface area contributed by atoms with Gasteiger partial charge in [0, 0.05) is 48.2 Å². The zero-order valence-corrected chi connectivity index (χ0v) is 20.6. The van der Waals surface area contributed by atoms with E-state index in [2.05, 4.69) is 15.5 Å². The average Bonchev–Trinajstić information content (AvgIpc) is 3.46. The molecule has 1 amide bonds. The van der Waals surface area contributed by atoms with Gasteiger partial charge in [0.1, 0.15) is 17.3 Å². The molecular weight excluding hydrogens is 474 g/mol. The zero-order valence-electron chi connectivity index (χ0n) is 19.0. The van der Waals surface area contributed by atoms with Crippen LogP contribution in [0.3, 0.4) is 0 Å². The molecule has 1 saturated heterocycles. The third kappa shape index (κ3) is 5.70. The molecule has 178 valence electrons. The van der Waals surface area contributed by atoms with E-state index in [1.54, 1.807) is 32.4 Å². The van der Waals surface area contributed by atoms with E-state index < -0.39 is 0 Å². The number of halogens is 1. The number of hydrogen-bond acceptors (Lipinski definition) is 7. The first-order valence-electron chi connectivity index (χ1n) is 10.9. The second-order valence-corrected chi connectivity index (χ2v) is 9.33. The van der Waals surface area contributed by atoms with E-state index in [-0.39, 0.29) is 11.7 Å². The molecule has 0 radical (unpaired) electrons. The highest BCUT2D eigenvalue weighted by molar-refractivity contribution is 7.18. The van der Waals surface area contributed by atoms with Crippen LogP contribution in [0.4, 0.5) is 11.4 Å². The van der Waals surface area contributed by atoms with E-state index >= 15 is 0 Å². The number of carbonyl (C=O) groups excluding carboxylic acids is 2. The first kappa shape index (κ1) is 24.1. The summed E-state index contributed by atoms with van der Waals surface area (Å²) in [5.74, 6) is 1.16. The van der Waals surface area contributed by atoms with Gasteiger partial charge in [0.25, 0.3) is 5.91 Å². The Morgan fingerprint density at radius 2 is 1.94 bits per heavy atom. The topological polar surface area (TPSA) is 79.9 Å². The summed E-state index contributed by atoms with van der Waals surface area (Å²) in [6.07, 6.45) is 0.610. The van der Waals surface area contributed by atoms with Crippen molar-refractivity contribution in [3.8, 4) is 21.9 Å². The Hall–Kier alpha value is -3.07. The summed E-state index contributed by atoms with van der Waals surface area (Å²) >= 11 is 7.40. The maximum absolute atomic E-state index is 13.1. The molecule has 1 aliphatic rings. The molecule has 0 atom stereocenters. The molecule has 1 aliphatic heterocycles. The number of carbonyl (C=O) groups is 2. The fourth-order valence-electron chi connectivity index (χ4n) is 3.72. The molecule has 1 aromatic heterocycles. The summed E-state index contributed by atoms with van der Waals surface area (Å²) < 4.78 is 11.3. The van der Waals surface area contributed by atoms with E-state index in [9.17, 15) is 9.59 Å². The van der Waals surface area contributed by atoms with Gasteiger partial charge in [-0.15, -0.1) is 11.3 Å². The van der Waals surface area contributed by atoms with Crippen LogP contribution in [0.25, 0.3) is 10.4 Å². The van der Waals surface area contributed by atoms with Crippen LogP contribution < -0.4 is 20.1 Å². The molecule has 2 heterocycles. The largest absolute Gasteiger partial charge is 0.493 e. The molecule has 34 heavy (non-hydrogen) atoms. The molecule has 0 bridgehead atoms. The Morgan fingerprint density at radius 1 is 1.15 bits per heavy atom. The van der Waals surface area contributed by atoms with Crippen molar-refractivity contribution in [3.63, 3.8) is 0 Å². The molecule has 9 heteroatoms. The van der Waals surface area contributed by atoms with Crippen molar-refractivity contribution in [2.75, 3.05) is 51.0 Å². The van der Waals surface area contributed by atoms with Crippen LogP contribution in [0.15, 0.2) is 48.5 Å². The van der Waals surface area contributed by atoms with Gasteiger partial charge in [-0.1, -0.05) is 23.7 Å².